The fourth-order valence-electron chi connectivity index (χ4n) is 0.800. The van der Waals surface area contributed by atoms with E-state index in [0.717, 1.165) is 12.1 Å². The lowest BCUT2D eigenvalue weighted by Gasteiger charge is -2.03. The molecule has 1 rings (SSSR count). The van der Waals surface area contributed by atoms with Gasteiger partial charge in [0.2, 0.25) is 0 Å². The molecule has 0 heterocycles. The zero-order valence-electron chi connectivity index (χ0n) is 6.85. The fourth-order valence-corrected chi connectivity index (χ4v) is 0.800. The third-order valence-corrected chi connectivity index (χ3v) is 1.43. The summed E-state index contributed by atoms with van der Waals surface area (Å²) in [5.41, 5.74) is 1.14. The highest BCUT2D eigenvalue weighted by atomic mass is 16.5. The van der Waals surface area contributed by atoms with Crippen molar-refractivity contribution in [3.8, 4) is 17.2 Å². The number of amides is 1. The van der Waals surface area contributed by atoms with Gasteiger partial charge < -0.3 is 20.8 Å². The number of hydroxylamine groups is 1. The fraction of sp³-hybridized carbons (Fsp3) is 0. The first-order valence-electron chi connectivity index (χ1n) is 3.25. The second-order valence-electron chi connectivity index (χ2n) is 2.30. The van der Waals surface area contributed by atoms with Crippen molar-refractivity contribution in [3.05, 3.63) is 17.7 Å². The van der Waals surface area contributed by atoms with Crippen molar-refractivity contribution in [2.24, 2.45) is 0 Å². The summed E-state index contributed by atoms with van der Waals surface area (Å²) in [4.78, 5) is 10.8. The molecular formula is C7H9NO6. The maximum atomic E-state index is 10.8. The number of carbonyl (C=O) groups excluding carboxylic acids is 1. The maximum Gasteiger partial charge on any atom is 0.274 e. The van der Waals surface area contributed by atoms with Gasteiger partial charge in [0.15, 0.2) is 17.2 Å². The molecule has 0 aromatic heterocycles. The Balaban J connectivity index is 0.00000169. The Morgan fingerprint density at radius 3 is 1.93 bits per heavy atom. The SMILES string of the molecule is O.O=C(NO)c1cc(O)c(O)c(O)c1. The molecule has 0 saturated heterocycles. The quantitative estimate of drug-likeness (QED) is 0.228. The third-order valence-electron chi connectivity index (χ3n) is 1.43. The van der Waals surface area contributed by atoms with Crippen LogP contribution >= 0.6 is 0 Å². The highest BCUT2D eigenvalue weighted by Crippen LogP contribution is 2.35. The summed E-state index contributed by atoms with van der Waals surface area (Å²) < 4.78 is 0. The number of nitrogens with one attached hydrogen (secondary N) is 1. The Morgan fingerprint density at radius 2 is 1.57 bits per heavy atom. The monoisotopic (exact) mass is 203 g/mol. The Morgan fingerprint density at radius 1 is 1.14 bits per heavy atom. The maximum absolute atomic E-state index is 10.8. The van der Waals surface area contributed by atoms with Crippen molar-refractivity contribution in [1.82, 2.24) is 5.48 Å². The molecule has 7 nitrogen and oxygen atoms in total. The normalized spacial score (nSPS) is 8.93. The van der Waals surface area contributed by atoms with Crippen molar-refractivity contribution >= 4 is 5.91 Å². The molecule has 0 saturated carbocycles. The minimum Gasteiger partial charge on any atom is -0.504 e. The molecule has 0 unspecified atom stereocenters. The Labute approximate surface area is 78.1 Å². The van der Waals surface area contributed by atoms with E-state index < -0.39 is 23.2 Å². The van der Waals surface area contributed by atoms with Gasteiger partial charge in [-0.15, -0.1) is 0 Å². The molecule has 0 aliphatic heterocycles. The van der Waals surface area contributed by atoms with E-state index in [1.54, 1.807) is 0 Å². The van der Waals surface area contributed by atoms with Gasteiger partial charge in [-0.1, -0.05) is 0 Å². The van der Waals surface area contributed by atoms with Gasteiger partial charge in [-0.3, -0.25) is 10.0 Å². The number of hydrogen-bond acceptors (Lipinski definition) is 5. The number of benzene rings is 1. The molecule has 1 amide bonds. The van der Waals surface area contributed by atoms with E-state index >= 15 is 0 Å². The van der Waals surface area contributed by atoms with Crippen LogP contribution in [0.5, 0.6) is 17.2 Å². The predicted octanol–water partition coefficient (Wildman–Crippen LogP) is -0.902. The molecule has 0 aliphatic rings. The van der Waals surface area contributed by atoms with Crippen LogP contribution < -0.4 is 5.48 Å². The number of phenolic OH excluding ortho intramolecular Hbond substituents is 3. The first-order chi connectivity index (χ1) is 6.06. The summed E-state index contributed by atoms with van der Waals surface area (Å²) >= 11 is 0. The van der Waals surface area contributed by atoms with Crippen LogP contribution in [0.1, 0.15) is 10.4 Å². The zero-order valence-corrected chi connectivity index (χ0v) is 6.85. The van der Waals surface area contributed by atoms with E-state index in [2.05, 4.69) is 0 Å². The standard InChI is InChI=1S/C7H7NO5.H2O/c9-4-1-3(7(12)8-13)2-5(10)6(4)11;/h1-2,9-11,13H,(H,8,12);1H2. The minimum absolute atomic E-state index is 0. The van der Waals surface area contributed by atoms with E-state index in [4.69, 9.17) is 20.5 Å². The number of rotatable bonds is 1. The molecule has 0 aliphatic carbocycles. The molecule has 0 radical (unpaired) electrons. The summed E-state index contributed by atoms with van der Waals surface area (Å²) in [5, 5.41) is 35.0. The highest BCUT2D eigenvalue weighted by molar-refractivity contribution is 5.94. The highest BCUT2D eigenvalue weighted by Gasteiger charge is 2.12. The lowest BCUT2D eigenvalue weighted by molar-refractivity contribution is 0.0705. The first kappa shape index (κ1) is 12.0. The Hall–Kier alpha value is -1.99. The molecule has 0 atom stereocenters. The molecule has 0 bridgehead atoms. The predicted molar refractivity (Wildman–Crippen MR) is 44.3 cm³/mol. The van der Waals surface area contributed by atoms with Crippen LogP contribution in [0.2, 0.25) is 0 Å². The van der Waals surface area contributed by atoms with E-state index in [1.165, 1.54) is 5.48 Å². The van der Waals surface area contributed by atoms with Gasteiger partial charge in [0.1, 0.15) is 0 Å². The second kappa shape index (κ2) is 4.30. The second-order valence-corrected chi connectivity index (χ2v) is 2.30. The molecule has 0 fully saturated rings. The number of aromatic hydroxyl groups is 3. The largest absolute Gasteiger partial charge is 0.504 e. The van der Waals surface area contributed by atoms with Crippen molar-refractivity contribution in [1.29, 1.82) is 0 Å². The van der Waals surface area contributed by atoms with Crippen LogP contribution in [-0.2, 0) is 0 Å². The molecule has 0 spiro atoms. The summed E-state index contributed by atoms with van der Waals surface area (Å²) in [6.07, 6.45) is 0. The summed E-state index contributed by atoms with van der Waals surface area (Å²) in [6.45, 7) is 0. The van der Waals surface area contributed by atoms with E-state index in [-0.39, 0.29) is 11.0 Å². The van der Waals surface area contributed by atoms with Crippen LogP contribution in [0.25, 0.3) is 0 Å². The lowest BCUT2D eigenvalue weighted by Crippen LogP contribution is -2.18. The van der Waals surface area contributed by atoms with E-state index in [0.29, 0.717) is 0 Å². The van der Waals surface area contributed by atoms with Gasteiger partial charge in [0.05, 0.1) is 0 Å². The molecule has 14 heavy (non-hydrogen) atoms. The molecule has 7 heteroatoms. The Bertz CT molecular complexity index is 327. The van der Waals surface area contributed by atoms with E-state index in [9.17, 15) is 4.79 Å². The lowest BCUT2D eigenvalue weighted by atomic mass is 10.2. The number of hydrogen-bond donors (Lipinski definition) is 5. The van der Waals surface area contributed by atoms with Crippen LogP contribution in [0, 0.1) is 0 Å². The first-order valence-corrected chi connectivity index (χ1v) is 3.25. The topological polar surface area (TPSA) is 142 Å². The van der Waals surface area contributed by atoms with Crippen molar-refractivity contribution < 1.29 is 30.8 Å². The van der Waals surface area contributed by atoms with Crippen molar-refractivity contribution in [3.63, 3.8) is 0 Å². The summed E-state index contributed by atoms with van der Waals surface area (Å²) in [7, 11) is 0. The van der Waals surface area contributed by atoms with Gasteiger partial charge in [-0.05, 0) is 12.1 Å². The van der Waals surface area contributed by atoms with Gasteiger partial charge in [0, 0.05) is 5.56 Å². The van der Waals surface area contributed by atoms with Gasteiger partial charge >= 0.3 is 0 Å². The van der Waals surface area contributed by atoms with Gasteiger partial charge in [0.25, 0.3) is 5.91 Å². The van der Waals surface area contributed by atoms with Crippen molar-refractivity contribution in [2.45, 2.75) is 0 Å². The number of phenols is 3. The van der Waals surface area contributed by atoms with Crippen LogP contribution in [0.4, 0.5) is 0 Å². The molecule has 78 valence electrons. The zero-order chi connectivity index (χ0) is 10.0. The molecule has 1 aromatic rings. The summed E-state index contributed by atoms with van der Waals surface area (Å²) in [6, 6.07) is 1.81. The average Bonchev–Trinajstić information content (AvgIpc) is 2.12. The van der Waals surface area contributed by atoms with Gasteiger partial charge in [-0.2, -0.15) is 0 Å². The molecule has 7 N–H and O–H groups in total. The smallest absolute Gasteiger partial charge is 0.274 e. The minimum atomic E-state index is -0.898. The van der Waals surface area contributed by atoms with Crippen molar-refractivity contribution in [2.75, 3.05) is 0 Å². The third kappa shape index (κ3) is 2.03. The number of carbonyl (C=O) groups is 1. The molecular weight excluding hydrogens is 194 g/mol. The van der Waals surface area contributed by atoms with Crippen LogP contribution in [0.15, 0.2) is 12.1 Å². The van der Waals surface area contributed by atoms with E-state index in [1.807, 2.05) is 0 Å². The average molecular weight is 203 g/mol. The summed E-state index contributed by atoms with van der Waals surface area (Å²) in [5.74, 6) is -2.89. The van der Waals surface area contributed by atoms with Crippen LogP contribution in [-0.4, -0.2) is 31.9 Å². The van der Waals surface area contributed by atoms with Crippen LogP contribution in [0.3, 0.4) is 0 Å². The van der Waals surface area contributed by atoms with Gasteiger partial charge in [-0.25, -0.2) is 5.48 Å². The Kier molecular flexibility index (Phi) is 3.69. The molecule has 1 aromatic carbocycles.